The molecule has 0 N–H and O–H groups in total. The minimum atomic E-state index is 0.0525. The van der Waals surface area contributed by atoms with Crippen LogP contribution in [0.1, 0.15) is 35.8 Å². The van der Waals surface area contributed by atoms with Gasteiger partial charge in [0.2, 0.25) is 5.91 Å². The summed E-state index contributed by atoms with van der Waals surface area (Å²) in [5.41, 5.74) is 2.89. The van der Waals surface area contributed by atoms with Gasteiger partial charge in [-0.25, -0.2) is 0 Å². The molecular formula is C18H23N5O. The highest BCUT2D eigenvalue weighted by molar-refractivity contribution is 5.79. The van der Waals surface area contributed by atoms with Gasteiger partial charge < -0.3 is 4.90 Å². The SMILES string of the molecule is Cc1cncc(C2CCCN2C(=O)CN(C)Cc2cccnc2)n1. The summed E-state index contributed by atoms with van der Waals surface area (Å²) in [6, 6.07) is 3.99. The van der Waals surface area contributed by atoms with Crippen LogP contribution in [0, 0.1) is 6.92 Å². The number of rotatable bonds is 5. The van der Waals surface area contributed by atoms with Gasteiger partial charge >= 0.3 is 0 Å². The lowest BCUT2D eigenvalue weighted by Gasteiger charge is -2.26. The molecule has 3 rings (SSSR count). The van der Waals surface area contributed by atoms with Crippen molar-refractivity contribution >= 4 is 5.91 Å². The third-order valence-electron chi connectivity index (χ3n) is 4.27. The Morgan fingerprint density at radius 2 is 2.21 bits per heavy atom. The first-order chi connectivity index (χ1) is 11.6. The maximum absolute atomic E-state index is 12.7. The van der Waals surface area contributed by atoms with Crippen LogP contribution < -0.4 is 0 Å². The van der Waals surface area contributed by atoms with Crippen molar-refractivity contribution in [1.82, 2.24) is 24.8 Å². The zero-order chi connectivity index (χ0) is 16.9. The largest absolute Gasteiger partial charge is 0.333 e. The van der Waals surface area contributed by atoms with Gasteiger partial charge in [-0.05, 0) is 38.4 Å². The van der Waals surface area contributed by atoms with E-state index < -0.39 is 0 Å². The standard InChI is InChI=1S/C18H23N5O/c1-14-9-20-11-16(21-14)17-6-4-8-23(17)18(24)13-22(2)12-15-5-3-7-19-10-15/h3,5,7,9-11,17H,4,6,8,12-13H2,1-2H3. The molecule has 0 aromatic carbocycles. The summed E-state index contributed by atoms with van der Waals surface area (Å²) < 4.78 is 0. The molecule has 0 bridgehead atoms. The van der Waals surface area contributed by atoms with Crippen LogP contribution in [-0.2, 0) is 11.3 Å². The third kappa shape index (κ3) is 3.94. The Hall–Kier alpha value is -2.34. The maximum atomic E-state index is 12.7. The first-order valence-electron chi connectivity index (χ1n) is 8.29. The number of hydrogen-bond donors (Lipinski definition) is 0. The molecule has 24 heavy (non-hydrogen) atoms. The summed E-state index contributed by atoms with van der Waals surface area (Å²) in [4.78, 5) is 29.6. The molecule has 0 radical (unpaired) electrons. The lowest BCUT2D eigenvalue weighted by Crippen LogP contribution is -2.38. The zero-order valence-corrected chi connectivity index (χ0v) is 14.2. The molecule has 1 aliphatic rings. The highest BCUT2D eigenvalue weighted by Crippen LogP contribution is 2.30. The molecule has 126 valence electrons. The Balaban J connectivity index is 1.63. The molecule has 1 amide bonds. The predicted molar refractivity (Wildman–Crippen MR) is 91.0 cm³/mol. The van der Waals surface area contributed by atoms with E-state index in [1.54, 1.807) is 18.6 Å². The molecule has 1 saturated heterocycles. The number of nitrogens with zero attached hydrogens (tertiary/aromatic N) is 5. The molecule has 0 spiro atoms. The smallest absolute Gasteiger partial charge is 0.237 e. The highest BCUT2D eigenvalue weighted by atomic mass is 16.2. The maximum Gasteiger partial charge on any atom is 0.237 e. The molecule has 3 heterocycles. The molecule has 2 aromatic rings. The summed E-state index contributed by atoms with van der Waals surface area (Å²) in [6.45, 7) is 3.83. The average molecular weight is 325 g/mol. The van der Waals surface area contributed by atoms with E-state index in [9.17, 15) is 4.79 Å². The number of likely N-dealkylation sites (N-methyl/N-ethyl adjacent to an activating group) is 1. The molecule has 2 aromatic heterocycles. The van der Waals surface area contributed by atoms with Gasteiger partial charge in [0.25, 0.3) is 0 Å². The molecule has 0 aliphatic carbocycles. The molecule has 6 nitrogen and oxygen atoms in total. The van der Waals surface area contributed by atoms with E-state index in [0.29, 0.717) is 13.1 Å². The molecule has 1 unspecified atom stereocenters. The van der Waals surface area contributed by atoms with Crippen LogP contribution in [0.25, 0.3) is 0 Å². The van der Waals surface area contributed by atoms with Crippen molar-refractivity contribution in [3.63, 3.8) is 0 Å². The molecule has 1 atom stereocenters. The van der Waals surface area contributed by atoms with Crippen molar-refractivity contribution < 1.29 is 4.79 Å². The summed E-state index contributed by atoms with van der Waals surface area (Å²) in [5.74, 6) is 0.146. The van der Waals surface area contributed by atoms with Crippen LogP contribution in [0.5, 0.6) is 0 Å². The topological polar surface area (TPSA) is 62.2 Å². The first-order valence-corrected chi connectivity index (χ1v) is 8.29. The molecule has 1 aliphatic heterocycles. The minimum absolute atomic E-state index is 0.0525. The Morgan fingerprint density at radius 3 is 2.96 bits per heavy atom. The van der Waals surface area contributed by atoms with Crippen molar-refractivity contribution in [3.05, 3.63) is 53.9 Å². The third-order valence-corrected chi connectivity index (χ3v) is 4.27. The van der Waals surface area contributed by atoms with E-state index in [1.807, 2.05) is 42.1 Å². The normalized spacial score (nSPS) is 17.5. The minimum Gasteiger partial charge on any atom is -0.333 e. The number of aromatic nitrogens is 3. The van der Waals surface area contributed by atoms with Crippen molar-refractivity contribution in [3.8, 4) is 0 Å². The number of carbonyl (C=O) groups excluding carboxylic acids is 1. The second-order valence-corrected chi connectivity index (χ2v) is 6.36. The van der Waals surface area contributed by atoms with Gasteiger partial charge in [-0.15, -0.1) is 0 Å². The van der Waals surface area contributed by atoms with Crippen LogP contribution in [0.15, 0.2) is 36.9 Å². The quantitative estimate of drug-likeness (QED) is 0.841. The van der Waals surface area contributed by atoms with Crippen molar-refractivity contribution in [2.45, 2.75) is 32.4 Å². The second-order valence-electron chi connectivity index (χ2n) is 6.36. The monoisotopic (exact) mass is 325 g/mol. The van der Waals surface area contributed by atoms with E-state index in [4.69, 9.17) is 0 Å². The first kappa shape index (κ1) is 16.5. The van der Waals surface area contributed by atoms with Gasteiger partial charge in [-0.1, -0.05) is 6.07 Å². The summed E-state index contributed by atoms with van der Waals surface area (Å²) in [6.07, 6.45) is 9.08. The molecule has 1 fully saturated rings. The average Bonchev–Trinajstić information content (AvgIpc) is 3.05. The number of likely N-dealkylation sites (tertiary alicyclic amines) is 1. The lowest BCUT2D eigenvalue weighted by atomic mass is 10.1. The summed E-state index contributed by atoms with van der Waals surface area (Å²) in [7, 11) is 1.96. The van der Waals surface area contributed by atoms with Crippen LogP contribution >= 0.6 is 0 Å². The number of carbonyl (C=O) groups is 1. The van der Waals surface area contributed by atoms with E-state index in [0.717, 1.165) is 36.3 Å². The second kappa shape index (κ2) is 7.49. The van der Waals surface area contributed by atoms with Gasteiger partial charge in [0.1, 0.15) is 0 Å². The lowest BCUT2D eigenvalue weighted by molar-refractivity contribution is -0.133. The number of hydrogen-bond acceptors (Lipinski definition) is 5. The van der Waals surface area contributed by atoms with Gasteiger partial charge in [0.05, 0.1) is 30.2 Å². The van der Waals surface area contributed by atoms with Crippen LogP contribution in [-0.4, -0.2) is 50.8 Å². The number of amides is 1. The van der Waals surface area contributed by atoms with E-state index in [1.165, 1.54) is 0 Å². The van der Waals surface area contributed by atoms with Crippen LogP contribution in [0.2, 0.25) is 0 Å². The van der Waals surface area contributed by atoms with E-state index in [2.05, 4.69) is 15.0 Å². The van der Waals surface area contributed by atoms with Gasteiger partial charge in [0, 0.05) is 31.7 Å². The zero-order valence-electron chi connectivity index (χ0n) is 14.2. The molecular weight excluding hydrogens is 302 g/mol. The fraction of sp³-hybridized carbons (Fsp3) is 0.444. The van der Waals surface area contributed by atoms with E-state index in [-0.39, 0.29) is 11.9 Å². The van der Waals surface area contributed by atoms with Crippen LogP contribution in [0.4, 0.5) is 0 Å². The fourth-order valence-corrected chi connectivity index (χ4v) is 3.20. The summed E-state index contributed by atoms with van der Waals surface area (Å²) >= 11 is 0. The predicted octanol–water partition coefficient (Wildman–Crippen LogP) is 1.98. The Bertz CT molecular complexity index is 691. The highest BCUT2D eigenvalue weighted by Gasteiger charge is 2.31. The van der Waals surface area contributed by atoms with Crippen molar-refractivity contribution in [2.75, 3.05) is 20.1 Å². The Morgan fingerprint density at radius 1 is 1.33 bits per heavy atom. The number of aryl methyl sites for hydroxylation is 1. The van der Waals surface area contributed by atoms with Gasteiger partial charge in [-0.2, -0.15) is 0 Å². The fourth-order valence-electron chi connectivity index (χ4n) is 3.20. The molecule has 6 heteroatoms. The van der Waals surface area contributed by atoms with Crippen molar-refractivity contribution in [1.29, 1.82) is 0 Å². The molecule has 0 saturated carbocycles. The van der Waals surface area contributed by atoms with Crippen molar-refractivity contribution in [2.24, 2.45) is 0 Å². The van der Waals surface area contributed by atoms with Crippen LogP contribution in [0.3, 0.4) is 0 Å². The van der Waals surface area contributed by atoms with Gasteiger partial charge in [-0.3, -0.25) is 24.6 Å². The summed E-state index contributed by atoms with van der Waals surface area (Å²) in [5, 5.41) is 0. The number of pyridine rings is 1. The van der Waals surface area contributed by atoms with E-state index >= 15 is 0 Å². The Labute approximate surface area is 142 Å². The van der Waals surface area contributed by atoms with Gasteiger partial charge in [0.15, 0.2) is 0 Å². The Kier molecular flexibility index (Phi) is 5.15.